The zero-order chi connectivity index (χ0) is 28.7. The van der Waals surface area contributed by atoms with E-state index in [9.17, 15) is 9.59 Å². The molecule has 9 heteroatoms. The highest BCUT2D eigenvalue weighted by atomic mass is 16.6. The fourth-order valence-corrected chi connectivity index (χ4v) is 5.31. The van der Waals surface area contributed by atoms with Gasteiger partial charge < -0.3 is 20.3 Å². The Kier molecular flexibility index (Phi) is 6.57. The van der Waals surface area contributed by atoms with Crippen molar-refractivity contribution < 1.29 is 14.3 Å². The van der Waals surface area contributed by atoms with Crippen LogP contribution in [-0.2, 0) is 4.74 Å². The lowest BCUT2D eigenvalue weighted by molar-refractivity contribution is 0.0240. The Hall–Kier alpha value is -4.92. The Morgan fingerprint density at radius 2 is 1.54 bits per heavy atom. The van der Waals surface area contributed by atoms with Crippen molar-refractivity contribution in [3.8, 4) is 22.3 Å². The monoisotopic (exact) mass is 548 g/mol. The van der Waals surface area contributed by atoms with Crippen LogP contribution < -0.4 is 10.6 Å². The van der Waals surface area contributed by atoms with E-state index in [1.807, 2.05) is 63.5 Å². The molecule has 3 heterocycles. The maximum atomic E-state index is 12.4. The van der Waals surface area contributed by atoms with Crippen LogP contribution in [0.5, 0.6) is 0 Å². The summed E-state index contributed by atoms with van der Waals surface area (Å²) in [5.41, 5.74) is 11.2. The van der Waals surface area contributed by atoms with Crippen LogP contribution in [0.25, 0.3) is 38.7 Å². The van der Waals surface area contributed by atoms with Crippen molar-refractivity contribution in [1.82, 2.24) is 19.5 Å². The van der Waals surface area contributed by atoms with Crippen LogP contribution in [0, 0.1) is 0 Å². The number of hydrogen-bond acceptors (Lipinski definition) is 6. The van der Waals surface area contributed by atoms with Gasteiger partial charge in [0, 0.05) is 61.0 Å². The van der Waals surface area contributed by atoms with Crippen LogP contribution in [0.1, 0.15) is 31.1 Å². The summed E-state index contributed by atoms with van der Waals surface area (Å²) in [7, 11) is 0. The zero-order valence-electron chi connectivity index (χ0n) is 23.4. The standard InChI is InChI=1S/C32H32N6O3/c1-32(2,3)41-31(40)37-16-14-36(15-17-37)23-12-10-21(11-13-23)22-18-34-30-28(19-35-38(30)20-22)26-8-4-7-25-24(26)6-5-9-27(25)29(33)39/h4-13,18-20H,14-17H2,1-3H3,(H2,33,39). The first kappa shape index (κ1) is 26.3. The number of benzene rings is 3. The van der Waals surface area contributed by atoms with Gasteiger partial charge in [-0.1, -0.05) is 42.5 Å². The maximum Gasteiger partial charge on any atom is 0.410 e. The molecule has 0 saturated carbocycles. The van der Waals surface area contributed by atoms with E-state index in [2.05, 4.69) is 34.3 Å². The number of nitrogens with two attached hydrogens (primary N) is 1. The van der Waals surface area contributed by atoms with Crippen LogP contribution in [-0.4, -0.2) is 63.3 Å². The number of carbonyl (C=O) groups excluding carboxylic acids is 2. The van der Waals surface area contributed by atoms with Gasteiger partial charge in [-0.2, -0.15) is 5.10 Å². The second kappa shape index (κ2) is 10.2. The van der Waals surface area contributed by atoms with Crippen molar-refractivity contribution in [2.24, 2.45) is 5.73 Å². The molecule has 0 unspecified atom stereocenters. The average Bonchev–Trinajstić information content (AvgIpc) is 3.39. The fraction of sp³-hybridized carbons (Fsp3) is 0.250. The second-order valence-corrected chi connectivity index (χ2v) is 11.2. The third-order valence-electron chi connectivity index (χ3n) is 7.33. The molecule has 5 aromatic rings. The first-order chi connectivity index (χ1) is 19.7. The smallest absolute Gasteiger partial charge is 0.410 e. The van der Waals surface area contributed by atoms with Gasteiger partial charge in [0.25, 0.3) is 0 Å². The zero-order valence-corrected chi connectivity index (χ0v) is 23.4. The molecule has 0 bridgehead atoms. The Morgan fingerprint density at radius 3 is 2.24 bits per heavy atom. The molecule has 1 fully saturated rings. The van der Waals surface area contributed by atoms with Crippen molar-refractivity contribution in [1.29, 1.82) is 0 Å². The van der Waals surface area contributed by atoms with Crippen LogP contribution >= 0.6 is 0 Å². The lowest BCUT2D eigenvalue weighted by Gasteiger charge is -2.36. The summed E-state index contributed by atoms with van der Waals surface area (Å²) in [6, 6.07) is 19.8. The van der Waals surface area contributed by atoms with E-state index in [4.69, 9.17) is 15.5 Å². The summed E-state index contributed by atoms with van der Waals surface area (Å²) >= 11 is 0. The second-order valence-electron chi connectivity index (χ2n) is 11.2. The van der Waals surface area contributed by atoms with Gasteiger partial charge in [0.2, 0.25) is 5.91 Å². The van der Waals surface area contributed by atoms with Crippen LogP contribution in [0.4, 0.5) is 10.5 Å². The SMILES string of the molecule is CC(C)(C)OC(=O)N1CCN(c2ccc(-c3cnc4c(-c5cccc6c(C(N)=O)cccc56)cnn4c3)cc2)CC1. The summed E-state index contributed by atoms with van der Waals surface area (Å²) in [6.45, 7) is 8.39. The molecule has 1 aliphatic heterocycles. The van der Waals surface area contributed by atoms with Crippen molar-refractivity contribution >= 4 is 34.1 Å². The Morgan fingerprint density at radius 1 is 0.829 bits per heavy atom. The highest BCUT2D eigenvalue weighted by Crippen LogP contribution is 2.33. The summed E-state index contributed by atoms with van der Waals surface area (Å²) in [5, 5.41) is 6.32. The van der Waals surface area contributed by atoms with E-state index in [0.29, 0.717) is 18.7 Å². The normalized spacial score (nSPS) is 14.0. The number of fused-ring (bicyclic) bond motifs is 2. The van der Waals surface area contributed by atoms with Crippen molar-refractivity contribution in [2.45, 2.75) is 26.4 Å². The van der Waals surface area contributed by atoms with Gasteiger partial charge in [-0.3, -0.25) is 4.79 Å². The summed E-state index contributed by atoms with van der Waals surface area (Å²) < 4.78 is 7.29. The molecule has 2 N–H and O–H groups in total. The fourth-order valence-electron chi connectivity index (χ4n) is 5.31. The summed E-state index contributed by atoms with van der Waals surface area (Å²) in [6.07, 6.45) is 5.38. The number of anilines is 1. The molecule has 41 heavy (non-hydrogen) atoms. The van der Waals surface area contributed by atoms with Gasteiger partial charge in [0.05, 0.1) is 6.20 Å². The van der Waals surface area contributed by atoms with Crippen molar-refractivity contribution in [3.05, 3.63) is 84.8 Å². The lowest BCUT2D eigenvalue weighted by Crippen LogP contribution is -2.50. The van der Waals surface area contributed by atoms with Gasteiger partial charge in [-0.05, 0) is 60.9 Å². The van der Waals surface area contributed by atoms with Crippen LogP contribution in [0.3, 0.4) is 0 Å². The molecule has 0 spiro atoms. The predicted molar refractivity (Wildman–Crippen MR) is 160 cm³/mol. The molecule has 0 aliphatic carbocycles. The van der Waals surface area contributed by atoms with E-state index >= 15 is 0 Å². The third kappa shape index (κ3) is 5.18. The molecule has 2 aromatic heterocycles. The average molecular weight is 549 g/mol. The molecule has 0 atom stereocenters. The van der Waals surface area contributed by atoms with E-state index in [0.717, 1.165) is 57.5 Å². The highest BCUT2D eigenvalue weighted by Gasteiger charge is 2.26. The maximum absolute atomic E-state index is 12.4. The van der Waals surface area contributed by atoms with Gasteiger partial charge >= 0.3 is 6.09 Å². The van der Waals surface area contributed by atoms with Gasteiger partial charge in [0.1, 0.15) is 5.60 Å². The predicted octanol–water partition coefficient (Wildman–Crippen LogP) is 5.37. The minimum atomic E-state index is -0.494. The van der Waals surface area contributed by atoms with Crippen LogP contribution in [0.2, 0.25) is 0 Å². The number of nitrogens with zero attached hydrogens (tertiary/aromatic N) is 5. The molecule has 1 aliphatic rings. The Bertz CT molecular complexity index is 1760. The number of carbonyl (C=O) groups is 2. The molecule has 6 rings (SSSR count). The van der Waals surface area contributed by atoms with Crippen LogP contribution in [0.15, 0.2) is 79.3 Å². The molecular weight excluding hydrogens is 516 g/mol. The Labute approximate surface area is 238 Å². The summed E-state index contributed by atoms with van der Waals surface area (Å²) in [4.78, 5) is 33.2. The number of ether oxygens (including phenoxy) is 1. The third-order valence-corrected chi connectivity index (χ3v) is 7.33. The molecule has 2 amide bonds. The number of primary amides is 1. The van der Waals surface area contributed by atoms with Crippen molar-refractivity contribution in [3.63, 3.8) is 0 Å². The van der Waals surface area contributed by atoms with E-state index in [1.165, 1.54) is 0 Å². The quantitative estimate of drug-likeness (QED) is 0.324. The van der Waals surface area contributed by atoms with E-state index in [1.54, 1.807) is 21.7 Å². The lowest BCUT2D eigenvalue weighted by atomic mass is 9.96. The molecular formula is C32H32N6O3. The van der Waals surface area contributed by atoms with E-state index < -0.39 is 11.5 Å². The number of rotatable bonds is 4. The highest BCUT2D eigenvalue weighted by molar-refractivity contribution is 6.10. The molecule has 3 aromatic carbocycles. The molecule has 0 radical (unpaired) electrons. The van der Waals surface area contributed by atoms with Gasteiger partial charge in [0.15, 0.2) is 5.65 Å². The van der Waals surface area contributed by atoms with Crippen molar-refractivity contribution in [2.75, 3.05) is 31.1 Å². The first-order valence-electron chi connectivity index (χ1n) is 13.7. The Balaban J connectivity index is 1.21. The number of hydrogen-bond donors (Lipinski definition) is 1. The summed E-state index contributed by atoms with van der Waals surface area (Å²) in [5.74, 6) is -0.454. The van der Waals surface area contributed by atoms with Gasteiger partial charge in [-0.25, -0.2) is 14.3 Å². The molecule has 9 nitrogen and oxygen atoms in total. The topological polar surface area (TPSA) is 106 Å². The van der Waals surface area contributed by atoms with Gasteiger partial charge in [-0.15, -0.1) is 0 Å². The largest absolute Gasteiger partial charge is 0.444 e. The molecule has 208 valence electrons. The molecule has 1 saturated heterocycles. The first-order valence-corrected chi connectivity index (χ1v) is 13.7. The number of amides is 2. The van der Waals surface area contributed by atoms with E-state index in [-0.39, 0.29) is 6.09 Å². The minimum absolute atomic E-state index is 0.256. The number of aromatic nitrogens is 3. The number of piperazine rings is 1. The minimum Gasteiger partial charge on any atom is -0.444 e.